The Labute approximate surface area is 264 Å². The summed E-state index contributed by atoms with van der Waals surface area (Å²) >= 11 is -4.79. The molecule has 6 bridgehead atoms. The van der Waals surface area contributed by atoms with Gasteiger partial charge in [0, 0.05) is 0 Å². The Hall–Kier alpha value is -4.63. The molecule has 0 unspecified atom stereocenters. The molecule has 0 N–H and O–H groups in total. The molecule has 0 atom stereocenters. The number of aliphatic imine (C=N–C) groups is 4. The van der Waals surface area contributed by atoms with Crippen LogP contribution in [0.1, 0.15) is 22.3 Å². The topological polar surface area (TPSA) is 84.0 Å². The molecule has 0 spiro atoms. The van der Waals surface area contributed by atoms with E-state index in [1.807, 2.05) is 97.1 Å². The van der Waals surface area contributed by atoms with Crippen molar-refractivity contribution in [2.24, 2.45) is 30.0 Å². The van der Waals surface area contributed by atoms with E-state index < -0.39 is 36.3 Å². The van der Waals surface area contributed by atoms with Crippen molar-refractivity contribution in [1.82, 2.24) is 6.55 Å². The molecule has 0 saturated heterocycles. The van der Waals surface area contributed by atoms with Gasteiger partial charge in [-0.2, -0.15) is 0 Å². The van der Waals surface area contributed by atoms with Crippen LogP contribution in [0.4, 0.5) is 18.2 Å². The Morgan fingerprint density at radius 3 is 1.18 bits per heavy atom. The minimum atomic E-state index is -4.35. The molecule has 0 amide bonds. The van der Waals surface area contributed by atoms with Gasteiger partial charge in [-0.25, -0.2) is 0 Å². The van der Waals surface area contributed by atoms with E-state index in [1.165, 1.54) is 0 Å². The fraction of sp³-hybridized carbons (Fsp3) is 0. The Morgan fingerprint density at radius 1 is 0.432 bits per heavy atom. The first-order valence-corrected chi connectivity index (χ1v) is 18.7. The van der Waals surface area contributed by atoms with Crippen molar-refractivity contribution in [2.75, 3.05) is 0 Å². The van der Waals surface area contributed by atoms with Gasteiger partial charge in [0.15, 0.2) is 0 Å². The molecule has 0 radical (unpaired) electrons. The molecule has 4 aliphatic heterocycles. The second-order valence-electron chi connectivity index (χ2n) is 10.5. The number of halogens is 2. The Morgan fingerprint density at radius 2 is 0.773 bits per heavy atom. The second-order valence-corrected chi connectivity index (χ2v) is 14.0. The van der Waals surface area contributed by atoms with Gasteiger partial charge >= 0.3 is 266 Å². The summed E-state index contributed by atoms with van der Waals surface area (Å²) in [5.41, 5.74) is 4.45. The van der Waals surface area contributed by atoms with Crippen LogP contribution in [0, 0.1) is 0 Å². The van der Waals surface area contributed by atoms with Crippen LogP contribution >= 0.6 is 0 Å². The number of nitrogens with zero attached hydrogens (tertiary/aromatic N) is 8. The molecular formula is C32H18F2Ga2N8. The van der Waals surface area contributed by atoms with E-state index in [0.29, 0.717) is 46.0 Å². The predicted octanol–water partition coefficient (Wildman–Crippen LogP) is 4.39. The normalized spacial score (nSPS) is 15.1. The van der Waals surface area contributed by atoms with E-state index in [0.717, 1.165) is 43.8 Å². The van der Waals surface area contributed by atoms with Crippen LogP contribution in [-0.2, 0) is 0 Å². The zero-order valence-corrected chi connectivity index (χ0v) is 29.8. The van der Waals surface area contributed by atoms with Gasteiger partial charge in [0.2, 0.25) is 0 Å². The van der Waals surface area contributed by atoms with Gasteiger partial charge < -0.3 is 0 Å². The molecule has 0 fully saturated rings. The number of hydrogen-bond acceptors (Lipinski definition) is 6. The van der Waals surface area contributed by atoms with Gasteiger partial charge in [-0.05, 0) is 0 Å². The summed E-state index contributed by atoms with van der Waals surface area (Å²) in [7, 11) is 0. The maximum absolute atomic E-state index is 17.8. The van der Waals surface area contributed by atoms with Gasteiger partial charge in [0.1, 0.15) is 0 Å². The van der Waals surface area contributed by atoms with Crippen LogP contribution in [0.2, 0.25) is 0 Å². The average Bonchev–Trinajstić information content (AvgIpc) is 3.78. The first-order chi connectivity index (χ1) is 21.7. The van der Waals surface area contributed by atoms with Gasteiger partial charge in [-0.1, -0.05) is 0 Å². The van der Waals surface area contributed by atoms with Crippen molar-refractivity contribution in [3.8, 4) is 0 Å². The third-order valence-corrected chi connectivity index (χ3v) is 12.1. The van der Waals surface area contributed by atoms with Crippen molar-refractivity contribution in [2.45, 2.75) is 0 Å². The summed E-state index contributed by atoms with van der Waals surface area (Å²) in [5.74, 6) is 3.04. The van der Waals surface area contributed by atoms with Gasteiger partial charge in [0.05, 0.1) is 0 Å². The molecule has 6 aromatic rings. The zero-order valence-electron chi connectivity index (χ0n) is 23.1. The zero-order chi connectivity index (χ0) is 29.5. The monoisotopic (exact) mass is 690 g/mol. The van der Waals surface area contributed by atoms with Crippen LogP contribution in [0.5, 0.6) is 0 Å². The summed E-state index contributed by atoms with van der Waals surface area (Å²) in [4.78, 5) is 30.1. The SMILES string of the molecule is [F][GaH2].[F][Ga]1[n]2c3c4ccccc4c2N=C2N=C(N=c4c5ccccc5c([n]41)=NC1=NC(=N3)c3ccccc31)c1ccccc12. The van der Waals surface area contributed by atoms with Crippen molar-refractivity contribution in [3.63, 3.8) is 0 Å². The number of hydrogen-bond donors (Lipinski definition) is 0. The molecule has 10 rings (SSSR count). The minimum absolute atomic E-state index is 0.438. The number of fused-ring (bicyclic) bond motifs is 14. The summed E-state index contributed by atoms with van der Waals surface area (Å²) in [6, 6.07) is 31.5. The van der Waals surface area contributed by atoms with Crippen LogP contribution in [-0.4, -0.2) is 66.2 Å². The molecule has 4 aromatic carbocycles. The van der Waals surface area contributed by atoms with Gasteiger partial charge in [0.25, 0.3) is 0 Å². The molecule has 44 heavy (non-hydrogen) atoms. The van der Waals surface area contributed by atoms with Crippen LogP contribution in [0.3, 0.4) is 0 Å². The third kappa shape index (κ3) is 3.47. The van der Waals surface area contributed by atoms with E-state index >= 15 is 3.29 Å². The number of benzene rings is 4. The average molecular weight is 692 g/mol. The molecule has 8 nitrogen and oxygen atoms in total. The molecule has 12 heteroatoms. The van der Waals surface area contributed by atoms with E-state index in [9.17, 15) is 3.29 Å². The van der Waals surface area contributed by atoms with Gasteiger partial charge in [-0.15, -0.1) is 0 Å². The molecule has 2 aromatic heterocycles. The maximum atomic E-state index is 17.8. The predicted molar refractivity (Wildman–Crippen MR) is 172 cm³/mol. The first kappa shape index (κ1) is 25.8. The number of aromatic nitrogens is 2. The molecule has 0 aliphatic carbocycles. The van der Waals surface area contributed by atoms with Crippen molar-refractivity contribution < 1.29 is 6.57 Å². The van der Waals surface area contributed by atoms with E-state index in [1.54, 1.807) is 6.55 Å². The standard InChI is InChI=1S/C32H16N8.2FH.2Ga.2H/c1-2-10-18-17(9-1)25-33-26(18)38-28-21-13-5-6-14-22(21)30(35-28)40-32-24-16-8-7-15-23(24)31(36-32)39-29-20-12-4-3-11-19(20)27(34-29)37-25;;;;;;/h1-16H;2*1H;;;;/q-2;;;+1;+3;;/p-2. The second kappa shape index (κ2) is 9.69. The fourth-order valence-corrected chi connectivity index (χ4v) is 10.2. The Bertz CT molecular complexity index is 2340. The van der Waals surface area contributed by atoms with Crippen LogP contribution in [0.15, 0.2) is 127 Å². The third-order valence-electron chi connectivity index (χ3n) is 8.25. The quantitative estimate of drug-likeness (QED) is 0.212. The van der Waals surface area contributed by atoms with E-state index in [-0.39, 0.29) is 0 Å². The molecule has 6 heterocycles. The van der Waals surface area contributed by atoms with Crippen molar-refractivity contribution in [1.29, 1.82) is 0 Å². The van der Waals surface area contributed by atoms with Gasteiger partial charge in [-0.3, -0.25) is 0 Å². The number of rotatable bonds is 0. The Balaban J connectivity index is 0.00000133. The Kier molecular flexibility index (Phi) is 5.69. The number of amidine groups is 4. The molecular weight excluding hydrogens is 674 g/mol. The van der Waals surface area contributed by atoms with E-state index in [4.69, 9.17) is 30.0 Å². The van der Waals surface area contributed by atoms with Crippen molar-refractivity contribution >= 4 is 92.8 Å². The van der Waals surface area contributed by atoms with Crippen molar-refractivity contribution in [3.05, 3.63) is 130 Å². The van der Waals surface area contributed by atoms with Crippen LogP contribution in [0.25, 0.3) is 21.5 Å². The first-order valence-electron chi connectivity index (χ1n) is 14.0. The molecule has 4 aliphatic rings. The van der Waals surface area contributed by atoms with E-state index in [2.05, 4.69) is 0 Å². The molecule has 206 valence electrons. The summed E-state index contributed by atoms with van der Waals surface area (Å²) in [6.45, 7) is 0. The summed E-state index contributed by atoms with van der Waals surface area (Å²) < 4.78 is 31.0. The fourth-order valence-electron chi connectivity index (χ4n) is 6.37. The summed E-state index contributed by atoms with van der Waals surface area (Å²) in [5, 5.41) is 3.23. The van der Waals surface area contributed by atoms with Crippen LogP contribution < -0.4 is 11.0 Å². The summed E-state index contributed by atoms with van der Waals surface area (Å²) in [6.07, 6.45) is 0. The molecule has 0 saturated carbocycles.